The standard InChI is InChI=1S/C23H36N2O2/c1-3-5-19-23(27)15-9-7-13-10-16-12(11-17(13)21(15)25-19)6-8-14-20(16)24-18(4-2)22(14)26/h12-21,24-25H,3-11H2,1-2H3. The predicted molar refractivity (Wildman–Crippen MR) is 105 cm³/mol. The highest BCUT2D eigenvalue weighted by atomic mass is 16.1. The fourth-order valence-electron chi connectivity index (χ4n) is 7.82. The molecule has 0 spiro atoms. The van der Waals surface area contributed by atoms with E-state index in [1.54, 1.807) is 0 Å². The topological polar surface area (TPSA) is 58.2 Å². The van der Waals surface area contributed by atoms with Gasteiger partial charge in [0, 0.05) is 23.9 Å². The smallest absolute Gasteiger partial charge is 0.154 e. The number of ketones is 2. The molecule has 5 rings (SSSR count). The van der Waals surface area contributed by atoms with Crippen LogP contribution in [0.5, 0.6) is 0 Å². The largest absolute Gasteiger partial charge is 0.304 e. The Morgan fingerprint density at radius 2 is 1.30 bits per heavy atom. The van der Waals surface area contributed by atoms with Crippen LogP contribution in [-0.2, 0) is 9.59 Å². The van der Waals surface area contributed by atoms with Gasteiger partial charge in [0.1, 0.15) is 0 Å². The molecule has 2 saturated heterocycles. The van der Waals surface area contributed by atoms with Crippen LogP contribution in [0.1, 0.15) is 71.6 Å². The van der Waals surface area contributed by atoms with Gasteiger partial charge in [-0.2, -0.15) is 0 Å². The molecule has 5 fully saturated rings. The SMILES string of the molecule is CCCC1NC2C(CCC3CC4C(CCC5C(=O)C(CC)NC54)CC32)C1=O. The maximum Gasteiger partial charge on any atom is 0.154 e. The molecule has 4 heteroatoms. The number of fused-ring (bicyclic) bond motifs is 6. The molecule has 0 radical (unpaired) electrons. The van der Waals surface area contributed by atoms with E-state index in [1.165, 1.54) is 25.7 Å². The summed E-state index contributed by atoms with van der Waals surface area (Å²) in [7, 11) is 0. The molecule has 0 bridgehead atoms. The van der Waals surface area contributed by atoms with E-state index < -0.39 is 0 Å². The monoisotopic (exact) mass is 372 g/mol. The zero-order valence-electron chi connectivity index (χ0n) is 17.0. The van der Waals surface area contributed by atoms with Gasteiger partial charge >= 0.3 is 0 Å². The van der Waals surface area contributed by atoms with Crippen molar-refractivity contribution < 1.29 is 9.59 Å². The molecule has 0 aromatic carbocycles. The van der Waals surface area contributed by atoms with Gasteiger partial charge in [0.05, 0.1) is 12.1 Å². The van der Waals surface area contributed by atoms with E-state index in [-0.39, 0.29) is 23.9 Å². The quantitative estimate of drug-likeness (QED) is 0.799. The van der Waals surface area contributed by atoms with E-state index in [4.69, 9.17) is 0 Å². The molecule has 3 aliphatic carbocycles. The number of rotatable bonds is 3. The van der Waals surface area contributed by atoms with Crippen molar-refractivity contribution in [1.82, 2.24) is 10.6 Å². The number of Topliss-reactive ketones (excluding diaryl/α,β-unsaturated/α-hetero) is 2. The van der Waals surface area contributed by atoms with Crippen molar-refractivity contribution in [2.45, 2.75) is 95.8 Å². The summed E-state index contributed by atoms with van der Waals surface area (Å²) < 4.78 is 0. The van der Waals surface area contributed by atoms with Gasteiger partial charge in [-0.05, 0) is 75.0 Å². The third-order valence-electron chi connectivity index (χ3n) is 9.04. The van der Waals surface area contributed by atoms with Crippen LogP contribution in [0.15, 0.2) is 0 Å². The average molecular weight is 373 g/mol. The van der Waals surface area contributed by atoms with Crippen LogP contribution in [0.25, 0.3) is 0 Å². The van der Waals surface area contributed by atoms with Gasteiger partial charge in [0.25, 0.3) is 0 Å². The Morgan fingerprint density at radius 3 is 1.81 bits per heavy atom. The molecule has 3 saturated carbocycles. The summed E-state index contributed by atoms with van der Waals surface area (Å²) in [5.41, 5.74) is 0. The van der Waals surface area contributed by atoms with Crippen molar-refractivity contribution in [3.63, 3.8) is 0 Å². The maximum absolute atomic E-state index is 12.8. The second kappa shape index (κ2) is 6.95. The van der Waals surface area contributed by atoms with E-state index in [1.807, 2.05) is 0 Å². The lowest BCUT2D eigenvalue weighted by Crippen LogP contribution is -2.53. The molecule has 2 N–H and O–H groups in total. The normalized spacial score (nSPS) is 51.5. The summed E-state index contributed by atoms with van der Waals surface area (Å²) in [4.78, 5) is 25.5. The van der Waals surface area contributed by atoms with Crippen molar-refractivity contribution in [3.8, 4) is 0 Å². The first-order valence-corrected chi connectivity index (χ1v) is 11.7. The molecule has 27 heavy (non-hydrogen) atoms. The molecule has 0 amide bonds. The minimum atomic E-state index is 0.108. The van der Waals surface area contributed by atoms with Gasteiger partial charge in [0.2, 0.25) is 0 Å². The summed E-state index contributed by atoms with van der Waals surface area (Å²) in [6.07, 6.45) is 10.2. The molecule has 0 aromatic heterocycles. The lowest BCUT2D eigenvalue weighted by molar-refractivity contribution is -0.125. The summed E-state index contributed by atoms with van der Waals surface area (Å²) in [6, 6.07) is 1.10. The highest BCUT2D eigenvalue weighted by molar-refractivity contribution is 5.90. The fourth-order valence-corrected chi connectivity index (χ4v) is 7.82. The second-order valence-electron chi connectivity index (χ2n) is 10.2. The molecule has 2 aliphatic heterocycles. The summed E-state index contributed by atoms with van der Waals surface area (Å²) in [5.74, 6) is 4.46. The predicted octanol–water partition coefficient (Wildman–Crippen LogP) is 3.09. The van der Waals surface area contributed by atoms with Gasteiger partial charge in [-0.1, -0.05) is 20.3 Å². The van der Waals surface area contributed by atoms with Crippen LogP contribution in [0.3, 0.4) is 0 Å². The van der Waals surface area contributed by atoms with E-state index in [9.17, 15) is 9.59 Å². The third kappa shape index (κ3) is 2.77. The van der Waals surface area contributed by atoms with Crippen LogP contribution < -0.4 is 10.6 Å². The van der Waals surface area contributed by atoms with E-state index in [0.29, 0.717) is 35.5 Å². The molecule has 10 unspecified atom stereocenters. The average Bonchev–Trinajstić information content (AvgIpc) is 3.18. The minimum absolute atomic E-state index is 0.108. The molecule has 0 aromatic rings. The van der Waals surface area contributed by atoms with E-state index in [0.717, 1.165) is 43.9 Å². The number of hydrogen-bond donors (Lipinski definition) is 2. The zero-order chi connectivity index (χ0) is 18.7. The lowest BCUT2D eigenvalue weighted by Gasteiger charge is -2.52. The second-order valence-corrected chi connectivity index (χ2v) is 10.2. The van der Waals surface area contributed by atoms with Crippen LogP contribution in [0.4, 0.5) is 0 Å². The van der Waals surface area contributed by atoms with Gasteiger partial charge in [-0.15, -0.1) is 0 Å². The Kier molecular flexibility index (Phi) is 4.71. The Bertz CT molecular complexity index is 619. The lowest BCUT2D eigenvalue weighted by atomic mass is 9.55. The Morgan fingerprint density at radius 1 is 0.778 bits per heavy atom. The molecule has 4 nitrogen and oxygen atoms in total. The number of carbonyl (C=O) groups excluding carboxylic acids is 2. The van der Waals surface area contributed by atoms with Gasteiger partial charge in [0.15, 0.2) is 11.6 Å². The zero-order valence-corrected chi connectivity index (χ0v) is 17.0. The maximum atomic E-state index is 12.8. The van der Waals surface area contributed by atoms with E-state index in [2.05, 4.69) is 24.5 Å². The Hall–Kier alpha value is -0.740. The van der Waals surface area contributed by atoms with Crippen molar-refractivity contribution in [2.75, 3.05) is 0 Å². The first kappa shape index (κ1) is 18.3. The molecule has 2 heterocycles. The molecule has 10 atom stereocenters. The minimum Gasteiger partial charge on any atom is -0.304 e. The van der Waals surface area contributed by atoms with Crippen molar-refractivity contribution in [1.29, 1.82) is 0 Å². The number of nitrogens with one attached hydrogen (secondary N) is 2. The molecular formula is C23H36N2O2. The first-order valence-electron chi connectivity index (χ1n) is 11.7. The van der Waals surface area contributed by atoms with Crippen molar-refractivity contribution in [2.24, 2.45) is 35.5 Å². The van der Waals surface area contributed by atoms with Gasteiger partial charge in [-0.3, -0.25) is 9.59 Å². The van der Waals surface area contributed by atoms with E-state index >= 15 is 0 Å². The molecular weight excluding hydrogens is 336 g/mol. The fraction of sp³-hybridized carbons (Fsp3) is 0.913. The molecule has 150 valence electrons. The van der Waals surface area contributed by atoms with Crippen LogP contribution in [0, 0.1) is 35.5 Å². The van der Waals surface area contributed by atoms with Crippen molar-refractivity contribution >= 4 is 11.6 Å². The van der Waals surface area contributed by atoms with Gasteiger partial charge < -0.3 is 10.6 Å². The van der Waals surface area contributed by atoms with Crippen LogP contribution in [0.2, 0.25) is 0 Å². The highest BCUT2D eigenvalue weighted by Crippen LogP contribution is 2.54. The summed E-state index contributed by atoms with van der Waals surface area (Å²) in [6.45, 7) is 4.32. The highest BCUT2D eigenvalue weighted by Gasteiger charge is 2.56. The van der Waals surface area contributed by atoms with Crippen LogP contribution >= 0.6 is 0 Å². The number of hydrogen-bond acceptors (Lipinski definition) is 4. The van der Waals surface area contributed by atoms with Crippen molar-refractivity contribution in [3.05, 3.63) is 0 Å². The van der Waals surface area contributed by atoms with Gasteiger partial charge in [-0.25, -0.2) is 0 Å². The Balaban J connectivity index is 1.33. The Labute approximate surface area is 163 Å². The summed E-state index contributed by atoms with van der Waals surface area (Å²) >= 11 is 0. The van der Waals surface area contributed by atoms with Crippen LogP contribution in [-0.4, -0.2) is 35.7 Å². The number of carbonyl (C=O) groups is 2. The molecule has 5 aliphatic rings. The third-order valence-corrected chi connectivity index (χ3v) is 9.04. The first-order chi connectivity index (χ1) is 13.1. The summed E-state index contributed by atoms with van der Waals surface area (Å²) in [5, 5.41) is 7.53.